The number of carbonyl (C=O) groups is 1. The summed E-state index contributed by atoms with van der Waals surface area (Å²) in [5.41, 5.74) is 4.73. The average molecular weight is 461 g/mol. The fourth-order valence-corrected chi connectivity index (χ4v) is 4.22. The van der Waals surface area contributed by atoms with Gasteiger partial charge in [-0.1, -0.05) is 41.9 Å². The molecule has 0 saturated heterocycles. The minimum absolute atomic E-state index is 0.169. The van der Waals surface area contributed by atoms with Crippen LogP contribution in [-0.4, -0.2) is 34.7 Å². The van der Waals surface area contributed by atoms with Gasteiger partial charge in [0.05, 0.1) is 41.5 Å². The molecule has 166 valence electrons. The molecule has 0 radical (unpaired) electrons. The fraction of sp³-hybridized carbons (Fsp3) is 0.160. The van der Waals surface area contributed by atoms with Gasteiger partial charge in [-0.15, -0.1) is 0 Å². The summed E-state index contributed by atoms with van der Waals surface area (Å²) >= 11 is 6.16. The van der Waals surface area contributed by atoms with Crippen molar-refractivity contribution in [1.82, 2.24) is 14.5 Å². The standard InChI is InChI=1S/C25H21ClN4O3/c1-32-21-14-19(22(33-2)13-16(21)26)27-23(31)11-12-30-20-10-6-3-7-15(20)24-25(30)29-18-9-5-4-8-17(18)28-24/h3-10,13-14H,11-12H2,1-2H3,(H,27,31). The topological polar surface area (TPSA) is 78.3 Å². The molecule has 5 rings (SSSR count). The molecule has 0 fully saturated rings. The SMILES string of the molecule is COc1cc(NC(=O)CCn2c3ccccc3c3nc4ccccc4nc32)c(OC)cc1Cl. The number of fused-ring (bicyclic) bond motifs is 4. The monoisotopic (exact) mass is 460 g/mol. The van der Waals surface area contributed by atoms with Gasteiger partial charge in [0.1, 0.15) is 17.0 Å². The van der Waals surface area contributed by atoms with Crippen molar-refractivity contribution in [1.29, 1.82) is 0 Å². The van der Waals surface area contributed by atoms with E-state index in [-0.39, 0.29) is 12.3 Å². The summed E-state index contributed by atoms with van der Waals surface area (Å²) in [6.45, 7) is 0.440. The molecule has 1 N–H and O–H groups in total. The first-order valence-corrected chi connectivity index (χ1v) is 10.8. The lowest BCUT2D eigenvalue weighted by atomic mass is 10.2. The van der Waals surface area contributed by atoms with E-state index >= 15 is 0 Å². The Morgan fingerprint density at radius 3 is 2.42 bits per heavy atom. The third-order valence-corrected chi connectivity index (χ3v) is 5.86. The summed E-state index contributed by atoms with van der Waals surface area (Å²) in [5, 5.41) is 4.32. The Balaban J connectivity index is 1.47. The summed E-state index contributed by atoms with van der Waals surface area (Å²) < 4.78 is 12.7. The van der Waals surface area contributed by atoms with E-state index in [1.54, 1.807) is 12.1 Å². The van der Waals surface area contributed by atoms with E-state index < -0.39 is 0 Å². The lowest BCUT2D eigenvalue weighted by Gasteiger charge is -2.13. The van der Waals surface area contributed by atoms with Crippen molar-refractivity contribution in [3.8, 4) is 11.5 Å². The zero-order valence-electron chi connectivity index (χ0n) is 18.1. The van der Waals surface area contributed by atoms with Gasteiger partial charge in [-0.2, -0.15) is 0 Å². The third-order valence-electron chi connectivity index (χ3n) is 5.57. The minimum atomic E-state index is -0.169. The second-order valence-corrected chi connectivity index (χ2v) is 7.95. The minimum Gasteiger partial charge on any atom is -0.495 e. The first-order valence-electron chi connectivity index (χ1n) is 10.4. The maximum Gasteiger partial charge on any atom is 0.226 e. The van der Waals surface area contributed by atoms with Crippen LogP contribution in [0.15, 0.2) is 60.7 Å². The van der Waals surface area contributed by atoms with Crippen LogP contribution in [0.3, 0.4) is 0 Å². The molecule has 0 unspecified atom stereocenters. The van der Waals surface area contributed by atoms with Crippen LogP contribution in [0.1, 0.15) is 6.42 Å². The Morgan fingerprint density at radius 1 is 0.970 bits per heavy atom. The second-order valence-electron chi connectivity index (χ2n) is 7.54. The molecule has 0 spiro atoms. The molecule has 0 bridgehead atoms. The molecule has 0 aliphatic carbocycles. The number of para-hydroxylation sites is 3. The predicted octanol–water partition coefficient (Wildman–Crippen LogP) is 5.44. The van der Waals surface area contributed by atoms with Crippen LogP contribution in [0.25, 0.3) is 33.1 Å². The Labute approximate surface area is 194 Å². The summed E-state index contributed by atoms with van der Waals surface area (Å²) in [6.07, 6.45) is 0.233. The molecule has 3 aromatic carbocycles. The number of hydrogen-bond acceptors (Lipinski definition) is 5. The highest BCUT2D eigenvalue weighted by Crippen LogP contribution is 2.36. The van der Waals surface area contributed by atoms with Crippen molar-refractivity contribution in [2.75, 3.05) is 19.5 Å². The van der Waals surface area contributed by atoms with Crippen LogP contribution in [0.4, 0.5) is 5.69 Å². The largest absolute Gasteiger partial charge is 0.495 e. The van der Waals surface area contributed by atoms with E-state index in [4.69, 9.17) is 31.0 Å². The first kappa shape index (κ1) is 21.0. The van der Waals surface area contributed by atoms with Crippen molar-refractivity contribution in [3.63, 3.8) is 0 Å². The summed E-state index contributed by atoms with van der Waals surface area (Å²) in [7, 11) is 3.04. The molecular weight excluding hydrogens is 440 g/mol. The number of amides is 1. The number of carbonyl (C=O) groups excluding carboxylic acids is 1. The van der Waals surface area contributed by atoms with E-state index in [1.807, 2.05) is 53.1 Å². The maximum atomic E-state index is 12.9. The van der Waals surface area contributed by atoms with Crippen LogP contribution >= 0.6 is 11.6 Å². The van der Waals surface area contributed by atoms with Crippen LogP contribution in [0.5, 0.6) is 11.5 Å². The second kappa shape index (κ2) is 8.60. The highest BCUT2D eigenvalue weighted by Gasteiger charge is 2.16. The molecule has 0 saturated carbocycles. The molecule has 33 heavy (non-hydrogen) atoms. The number of aromatic nitrogens is 3. The Bertz CT molecular complexity index is 1510. The number of hydrogen-bond donors (Lipinski definition) is 1. The molecule has 1 amide bonds. The lowest BCUT2D eigenvalue weighted by Crippen LogP contribution is -2.15. The van der Waals surface area contributed by atoms with E-state index in [2.05, 4.69) is 5.32 Å². The average Bonchev–Trinajstić information content (AvgIpc) is 3.14. The van der Waals surface area contributed by atoms with Gasteiger partial charge in [-0.3, -0.25) is 4.79 Å². The molecule has 0 atom stereocenters. The lowest BCUT2D eigenvalue weighted by molar-refractivity contribution is -0.116. The third kappa shape index (κ3) is 3.81. The van der Waals surface area contributed by atoms with E-state index in [0.29, 0.717) is 28.8 Å². The highest BCUT2D eigenvalue weighted by atomic mass is 35.5. The van der Waals surface area contributed by atoms with Crippen molar-refractivity contribution in [3.05, 3.63) is 65.7 Å². The fourth-order valence-electron chi connectivity index (χ4n) is 3.99. The highest BCUT2D eigenvalue weighted by molar-refractivity contribution is 6.32. The van der Waals surface area contributed by atoms with E-state index in [1.165, 1.54) is 14.2 Å². The van der Waals surface area contributed by atoms with Crippen molar-refractivity contribution >= 4 is 56.3 Å². The van der Waals surface area contributed by atoms with E-state index in [9.17, 15) is 4.79 Å². The number of anilines is 1. The van der Waals surface area contributed by atoms with Crippen molar-refractivity contribution < 1.29 is 14.3 Å². The molecule has 0 aliphatic rings. The summed E-state index contributed by atoms with van der Waals surface area (Å²) in [6, 6.07) is 19.1. The first-order chi connectivity index (χ1) is 16.1. The number of benzene rings is 3. The molecule has 2 aromatic heterocycles. The van der Waals surface area contributed by atoms with Crippen LogP contribution < -0.4 is 14.8 Å². The predicted molar refractivity (Wildman–Crippen MR) is 130 cm³/mol. The normalized spacial score (nSPS) is 11.2. The van der Waals surface area contributed by atoms with Crippen LogP contribution in [0, 0.1) is 0 Å². The number of nitrogens with one attached hydrogen (secondary N) is 1. The van der Waals surface area contributed by atoms with Gasteiger partial charge in [0.2, 0.25) is 5.91 Å². The molecular formula is C25H21ClN4O3. The Kier molecular flexibility index (Phi) is 5.48. The molecule has 0 aliphatic heterocycles. The quantitative estimate of drug-likeness (QED) is 0.365. The van der Waals surface area contributed by atoms with Crippen LogP contribution in [-0.2, 0) is 11.3 Å². The zero-order chi connectivity index (χ0) is 22.9. The number of aryl methyl sites for hydroxylation is 1. The van der Waals surface area contributed by atoms with Gasteiger partial charge in [-0.25, -0.2) is 9.97 Å². The van der Waals surface area contributed by atoms with Gasteiger partial charge >= 0.3 is 0 Å². The molecule has 8 heteroatoms. The number of methoxy groups -OCH3 is 2. The Hall–Kier alpha value is -3.84. The number of ether oxygens (including phenoxy) is 2. The smallest absolute Gasteiger partial charge is 0.226 e. The van der Waals surface area contributed by atoms with Crippen molar-refractivity contribution in [2.24, 2.45) is 0 Å². The van der Waals surface area contributed by atoms with Gasteiger partial charge in [0.15, 0.2) is 5.65 Å². The zero-order valence-corrected chi connectivity index (χ0v) is 18.9. The van der Waals surface area contributed by atoms with Gasteiger partial charge in [0.25, 0.3) is 0 Å². The van der Waals surface area contributed by atoms with Gasteiger partial charge in [0, 0.05) is 30.5 Å². The van der Waals surface area contributed by atoms with Crippen LogP contribution in [0.2, 0.25) is 5.02 Å². The van der Waals surface area contributed by atoms with Crippen molar-refractivity contribution in [2.45, 2.75) is 13.0 Å². The Morgan fingerprint density at radius 2 is 1.67 bits per heavy atom. The maximum absolute atomic E-state index is 12.9. The van der Waals surface area contributed by atoms with Gasteiger partial charge < -0.3 is 19.4 Å². The summed E-state index contributed by atoms with van der Waals surface area (Å²) in [5.74, 6) is 0.748. The molecule has 5 aromatic rings. The van der Waals surface area contributed by atoms with E-state index in [0.717, 1.165) is 33.1 Å². The summed E-state index contributed by atoms with van der Waals surface area (Å²) in [4.78, 5) is 22.6. The molecule has 2 heterocycles. The number of rotatable bonds is 6. The number of nitrogens with zero attached hydrogens (tertiary/aromatic N) is 3. The van der Waals surface area contributed by atoms with Gasteiger partial charge in [-0.05, 0) is 18.2 Å². The number of halogens is 1. The molecule has 7 nitrogen and oxygen atoms in total.